The molecule has 1 amide bonds. The number of amides is 1. The van der Waals surface area contributed by atoms with Crippen molar-refractivity contribution in [3.63, 3.8) is 0 Å². The van der Waals surface area contributed by atoms with E-state index in [1.807, 2.05) is 0 Å². The fourth-order valence-electron chi connectivity index (χ4n) is 1.88. The third-order valence-corrected chi connectivity index (χ3v) is 3.22. The third-order valence-electron chi connectivity index (χ3n) is 2.84. The van der Waals surface area contributed by atoms with E-state index in [2.05, 4.69) is 4.90 Å². The van der Waals surface area contributed by atoms with Gasteiger partial charge in [-0.1, -0.05) is 0 Å². The molecule has 1 aliphatic rings. The molecule has 0 atom stereocenters. The van der Waals surface area contributed by atoms with Crippen LogP contribution in [0.1, 0.15) is 10.6 Å². The number of nitrogens with zero attached hydrogens (tertiary/aromatic N) is 2. The van der Waals surface area contributed by atoms with Gasteiger partial charge < -0.3 is 9.32 Å². The Morgan fingerprint density at radius 2 is 2.00 bits per heavy atom. The summed E-state index contributed by atoms with van der Waals surface area (Å²) >= 11 is 11.3. The zero-order valence-electron chi connectivity index (χ0n) is 9.36. The molecule has 1 aromatic rings. The van der Waals surface area contributed by atoms with Crippen molar-refractivity contribution in [1.29, 1.82) is 0 Å². The SMILES string of the molecule is O=C(c1ccc(Cl)o1)N1CCN(CCCl)CC1. The molecular weight excluding hydrogens is 263 g/mol. The molecule has 1 fully saturated rings. The van der Waals surface area contributed by atoms with Crippen LogP contribution in [0.5, 0.6) is 0 Å². The molecule has 0 bridgehead atoms. The zero-order valence-corrected chi connectivity index (χ0v) is 10.9. The fraction of sp³-hybridized carbons (Fsp3) is 0.545. The topological polar surface area (TPSA) is 36.7 Å². The molecule has 94 valence electrons. The van der Waals surface area contributed by atoms with Crippen LogP contribution in [0.2, 0.25) is 5.22 Å². The van der Waals surface area contributed by atoms with Crippen molar-refractivity contribution in [3.05, 3.63) is 23.1 Å². The molecule has 1 aliphatic heterocycles. The third kappa shape index (κ3) is 3.15. The molecule has 0 aliphatic carbocycles. The summed E-state index contributed by atoms with van der Waals surface area (Å²) in [5.41, 5.74) is 0. The monoisotopic (exact) mass is 276 g/mol. The number of alkyl halides is 1. The molecule has 0 aromatic carbocycles. The summed E-state index contributed by atoms with van der Waals surface area (Å²) in [6, 6.07) is 3.19. The van der Waals surface area contributed by atoms with Gasteiger partial charge in [0.2, 0.25) is 0 Å². The van der Waals surface area contributed by atoms with Crippen LogP contribution in [0, 0.1) is 0 Å². The van der Waals surface area contributed by atoms with Crippen LogP contribution in [-0.4, -0.2) is 54.3 Å². The number of rotatable bonds is 3. The van der Waals surface area contributed by atoms with Gasteiger partial charge in [0, 0.05) is 38.6 Å². The van der Waals surface area contributed by atoms with Crippen LogP contribution in [-0.2, 0) is 0 Å². The quantitative estimate of drug-likeness (QED) is 0.792. The maximum absolute atomic E-state index is 12.0. The lowest BCUT2D eigenvalue weighted by Gasteiger charge is -2.33. The van der Waals surface area contributed by atoms with Crippen molar-refractivity contribution in [2.24, 2.45) is 0 Å². The van der Waals surface area contributed by atoms with Crippen LogP contribution < -0.4 is 0 Å². The highest BCUT2D eigenvalue weighted by atomic mass is 35.5. The second-order valence-corrected chi connectivity index (χ2v) is 4.68. The van der Waals surface area contributed by atoms with Gasteiger partial charge in [0.05, 0.1) is 0 Å². The Morgan fingerprint density at radius 1 is 1.29 bits per heavy atom. The van der Waals surface area contributed by atoms with E-state index in [9.17, 15) is 4.79 Å². The van der Waals surface area contributed by atoms with Crippen molar-refractivity contribution in [2.75, 3.05) is 38.6 Å². The average Bonchev–Trinajstić information content (AvgIpc) is 2.76. The van der Waals surface area contributed by atoms with Crippen LogP contribution in [0.25, 0.3) is 0 Å². The number of hydrogen-bond acceptors (Lipinski definition) is 3. The van der Waals surface area contributed by atoms with Crippen molar-refractivity contribution in [1.82, 2.24) is 9.80 Å². The van der Waals surface area contributed by atoms with Crippen LogP contribution in [0.4, 0.5) is 0 Å². The molecule has 1 saturated heterocycles. The predicted octanol–water partition coefficient (Wildman–Crippen LogP) is 1.93. The number of furan rings is 1. The Labute approximate surface area is 110 Å². The molecule has 4 nitrogen and oxygen atoms in total. The van der Waals surface area contributed by atoms with E-state index in [1.165, 1.54) is 0 Å². The van der Waals surface area contributed by atoms with Gasteiger partial charge in [-0.15, -0.1) is 11.6 Å². The van der Waals surface area contributed by atoms with E-state index in [1.54, 1.807) is 17.0 Å². The number of piperazine rings is 1. The second-order valence-electron chi connectivity index (χ2n) is 3.93. The average molecular weight is 277 g/mol. The van der Waals surface area contributed by atoms with Crippen molar-refractivity contribution < 1.29 is 9.21 Å². The first kappa shape index (κ1) is 12.7. The summed E-state index contributed by atoms with van der Waals surface area (Å²) in [5.74, 6) is 0.838. The molecule has 1 aromatic heterocycles. The highest BCUT2D eigenvalue weighted by Gasteiger charge is 2.23. The van der Waals surface area contributed by atoms with Crippen LogP contribution in [0.15, 0.2) is 16.5 Å². The number of carbonyl (C=O) groups excluding carboxylic acids is 1. The van der Waals surface area contributed by atoms with Gasteiger partial charge in [-0.2, -0.15) is 0 Å². The molecule has 2 rings (SSSR count). The maximum atomic E-state index is 12.0. The number of halogens is 2. The highest BCUT2D eigenvalue weighted by molar-refractivity contribution is 6.29. The standard InChI is InChI=1S/C11H14Cl2N2O2/c12-3-4-14-5-7-15(8-6-14)11(16)9-1-2-10(13)17-9/h1-2H,3-8H2. The summed E-state index contributed by atoms with van der Waals surface area (Å²) in [6.07, 6.45) is 0. The highest BCUT2D eigenvalue weighted by Crippen LogP contribution is 2.16. The maximum Gasteiger partial charge on any atom is 0.289 e. The second kappa shape index (κ2) is 5.76. The molecule has 0 spiro atoms. The largest absolute Gasteiger partial charge is 0.440 e. The van der Waals surface area contributed by atoms with Gasteiger partial charge >= 0.3 is 0 Å². The first-order chi connectivity index (χ1) is 8.20. The summed E-state index contributed by atoms with van der Waals surface area (Å²) in [7, 11) is 0. The molecule has 0 unspecified atom stereocenters. The van der Waals surface area contributed by atoms with E-state index in [4.69, 9.17) is 27.6 Å². The molecule has 0 N–H and O–H groups in total. The van der Waals surface area contributed by atoms with Gasteiger partial charge in [0.1, 0.15) is 0 Å². The smallest absolute Gasteiger partial charge is 0.289 e. The normalized spacial score (nSPS) is 17.4. The number of hydrogen-bond donors (Lipinski definition) is 0. The molecular formula is C11H14Cl2N2O2. The van der Waals surface area contributed by atoms with Gasteiger partial charge in [0.25, 0.3) is 5.91 Å². The van der Waals surface area contributed by atoms with Gasteiger partial charge in [0.15, 0.2) is 11.0 Å². The lowest BCUT2D eigenvalue weighted by atomic mass is 10.3. The Kier molecular flexibility index (Phi) is 4.31. The lowest BCUT2D eigenvalue weighted by Crippen LogP contribution is -2.49. The minimum atomic E-state index is -0.0950. The van der Waals surface area contributed by atoms with E-state index in [-0.39, 0.29) is 11.1 Å². The Morgan fingerprint density at radius 3 is 2.53 bits per heavy atom. The van der Waals surface area contributed by atoms with Gasteiger partial charge in [-0.25, -0.2) is 0 Å². The van der Waals surface area contributed by atoms with Gasteiger partial charge in [-0.05, 0) is 23.7 Å². The molecule has 6 heteroatoms. The predicted molar refractivity (Wildman–Crippen MR) is 66.8 cm³/mol. The Balaban J connectivity index is 1.90. The first-order valence-corrected chi connectivity index (χ1v) is 6.45. The summed E-state index contributed by atoms with van der Waals surface area (Å²) in [5, 5.41) is 0.245. The van der Waals surface area contributed by atoms with E-state index in [0.29, 0.717) is 24.7 Å². The van der Waals surface area contributed by atoms with Gasteiger partial charge in [-0.3, -0.25) is 9.69 Å². The van der Waals surface area contributed by atoms with Crippen LogP contribution in [0.3, 0.4) is 0 Å². The minimum Gasteiger partial charge on any atom is -0.440 e. The van der Waals surface area contributed by atoms with Crippen molar-refractivity contribution in [3.8, 4) is 0 Å². The lowest BCUT2D eigenvalue weighted by molar-refractivity contribution is 0.0613. The van der Waals surface area contributed by atoms with E-state index in [0.717, 1.165) is 19.6 Å². The summed E-state index contributed by atoms with van der Waals surface area (Å²) < 4.78 is 5.11. The minimum absolute atomic E-state index is 0.0950. The number of carbonyl (C=O) groups is 1. The van der Waals surface area contributed by atoms with Crippen molar-refractivity contribution in [2.45, 2.75) is 0 Å². The zero-order chi connectivity index (χ0) is 12.3. The summed E-state index contributed by atoms with van der Waals surface area (Å²) in [4.78, 5) is 16.0. The van der Waals surface area contributed by atoms with Crippen LogP contribution >= 0.6 is 23.2 Å². The molecule has 0 radical (unpaired) electrons. The van der Waals surface area contributed by atoms with E-state index < -0.39 is 0 Å². The molecule has 2 heterocycles. The Bertz CT molecular complexity index is 387. The van der Waals surface area contributed by atoms with Crippen molar-refractivity contribution >= 4 is 29.1 Å². The Hall–Kier alpha value is -0.710. The molecule has 17 heavy (non-hydrogen) atoms. The summed E-state index contributed by atoms with van der Waals surface area (Å²) in [6.45, 7) is 3.98. The van der Waals surface area contributed by atoms with E-state index >= 15 is 0 Å². The molecule has 0 saturated carbocycles. The first-order valence-electron chi connectivity index (χ1n) is 5.53. The fourth-order valence-corrected chi connectivity index (χ4v) is 2.26.